The van der Waals surface area contributed by atoms with Crippen LogP contribution in [0.25, 0.3) is 0 Å². The molecule has 2 aromatic rings. The summed E-state index contributed by atoms with van der Waals surface area (Å²) in [7, 11) is 0. The van der Waals surface area contributed by atoms with E-state index in [1.807, 2.05) is 37.3 Å². The van der Waals surface area contributed by atoms with Gasteiger partial charge in [-0.25, -0.2) is 0 Å². The van der Waals surface area contributed by atoms with Crippen molar-refractivity contribution < 1.29 is 23.5 Å². The van der Waals surface area contributed by atoms with Gasteiger partial charge in [-0.1, -0.05) is 37.3 Å². The Hall–Kier alpha value is -3.09. The molecule has 0 fully saturated rings. The molecule has 1 aromatic heterocycles. The number of amides is 2. The molecule has 24 heavy (non-hydrogen) atoms. The number of benzene rings is 1. The molecule has 0 aliphatic carbocycles. The molecule has 0 saturated heterocycles. The molecular weight excluding hydrogens is 312 g/mol. The SMILES string of the molecule is CC[C@@H](C(=O)OCC(=O)NNC(=O)c1ccco1)c1ccccc1. The molecule has 0 bridgehead atoms. The topological polar surface area (TPSA) is 97.6 Å². The van der Waals surface area contributed by atoms with Gasteiger partial charge in [0.1, 0.15) is 0 Å². The van der Waals surface area contributed by atoms with Crippen LogP contribution in [-0.4, -0.2) is 24.4 Å². The van der Waals surface area contributed by atoms with Gasteiger partial charge in [0.2, 0.25) is 0 Å². The van der Waals surface area contributed by atoms with Gasteiger partial charge in [0, 0.05) is 0 Å². The number of furan rings is 1. The number of hydrazine groups is 1. The molecule has 0 spiro atoms. The Labute approximate surface area is 139 Å². The molecular formula is C17H18N2O5. The van der Waals surface area contributed by atoms with E-state index in [1.165, 1.54) is 12.3 Å². The van der Waals surface area contributed by atoms with E-state index in [9.17, 15) is 14.4 Å². The molecule has 1 aromatic carbocycles. The molecule has 0 saturated carbocycles. The third-order valence-corrected chi connectivity index (χ3v) is 3.30. The number of rotatable bonds is 6. The van der Waals surface area contributed by atoms with E-state index < -0.39 is 30.3 Å². The molecule has 7 heteroatoms. The predicted molar refractivity (Wildman–Crippen MR) is 84.7 cm³/mol. The standard InChI is InChI=1S/C17H18N2O5/c1-2-13(12-7-4-3-5-8-12)17(22)24-11-15(20)18-19-16(21)14-9-6-10-23-14/h3-10,13H,2,11H2,1H3,(H,18,20)(H,19,21)/t13-/m1/s1. The maximum absolute atomic E-state index is 12.1. The first-order valence-corrected chi connectivity index (χ1v) is 7.46. The van der Waals surface area contributed by atoms with Crippen LogP contribution in [0, 0.1) is 0 Å². The summed E-state index contributed by atoms with van der Waals surface area (Å²) in [5.74, 6) is -2.11. The van der Waals surface area contributed by atoms with Gasteiger partial charge in [0.05, 0.1) is 12.2 Å². The molecule has 7 nitrogen and oxygen atoms in total. The number of carbonyl (C=O) groups excluding carboxylic acids is 3. The lowest BCUT2D eigenvalue weighted by molar-refractivity contribution is -0.150. The number of hydrogen-bond acceptors (Lipinski definition) is 5. The van der Waals surface area contributed by atoms with Crippen LogP contribution in [0.1, 0.15) is 35.4 Å². The van der Waals surface area contributed by atoms with Crippen molar-refractivity contribution in [3.05, 3.63) is 60.1 Å². The number of ether oxygens (including phenoxy) is 1. The Bertz CT molecular complexity index is 682. The minimum atomic E-state index is -0.647. The fourth-order valence-electron chi connectivity index (χ4n) is 2.09. The van der Waals surface area contributed by atoms with Crippen molar-refractivity contribution in [1.82, 2.24) is 10.9 Å². The Morgan fingerprint density at radius 1 is 1.08 bits per heavy atom. The summed E-state index contributed by atoms with van der Waals surface area (Å²) in [6.45, 7) is 1.38. The van der Waals surface area contributed by atoms with Gasteiger partial charge in [0.15, 0.2) is 12.4 Å². The number of nitrogens with one attached hydrogen (secondary N) is 2. The average Bonchev–Trinajstić information content (AvgIpc) is 3.14. The van der Waals surface area contributed by atoms with Crippen LogP contribution in [0.3, 0.4) is 0 Å². The summed E-state index contributed by atoms with van der Waals surface area (Å²) in [4.78, 5) is 35.3. The minimum Gasteiger partial charge on any atom is -0.459 e. The highest BCUT2D eigenvalue weighted by Crippen LogP contribution is 2.20. The number of carbonyl (C=O) groups is 3. The Kier molecular flexibility index (Phi) is 6.13. The highest BCUT2D eigenvalue weighted by atomic mass is 16.5. The fourth-order valence-corrected chi connectivity index (χ4v) is 2.09. The monoisotopic (exact) mass is 330 g/mol. The zero-order valence-electron chi connectivity index (χ0n) is 13.2. The van der Waals surface area contributed by atoms with Crippen LogP contribution in [-0.2, 0) is 14.3 Å². The van der Waals surface area contributed by atoms with Crippen LogP contribution < -0.4 is 10.9 Å². The fraction of sp³-hybridized carbons (Fsp3) is 0.235. The first-order valence-electron chi connectivity index (χ1n) is 7.46. The van der Waals surface area contributed by atoms with Crippen LogP contribution in [0.5, 0.6) is 0 Å². The lowest BCUT2D eigenvalue weighted by Crippen LogP contribution is -2.43. The summed E-state index contributed by atoms with van der Waals surface area (Å²) in [6.07, 6.45) is 1.90. The minimum absolute atomic E-state index is 0.0578. The van der Waals surface area contributed by atoms with E-state index >= 15 is 0 Å². The summed E-state index contributed by atoms with van der Waals surface area (Å²) < 4.78 is 9.88. The third-order valence-electron chi connectivity index (χ3n) is 3.30. The maximum Gasteiger partial charge on any atom is 0.313 e. The van der Waals surface area contributed by atoms with Gasteiger partial charge in [-0.2, -0.15) is 0 Å². The van der Waals surface area contributed by atoms with Crippen LogP contribution in [0.15, 0.2) is 53.1 Å². The van der Waals surface area contributed by atoms with Crippen LogP contribution in [0.4, 0.5) is 0 Å². The van der Waals surface area contributed by atoms with Crippen molar-refractivity contribution in [3.63, 3.8) is 0 Å². The van der Waals surface area contributed by atoms with Crippen molar-refractivity contribution in [2.24, 2.45) is 0 Å². The smallest absolute Gasteiger partial charge is 0.313 e. The van der Waals surface area contributed by atoms with E-state index in [-0.39, 0.29) is 5.76 Å². The zero-order chi connectivity index (χ0) is 17.4. The molecule has 0 aliphatic heterocycles. The van der Waals surface area contributed by atoms with E-state index in [2.05, 4.69) is 10.9 Å². The van der Waals surface area contributed by atoms with Crippen molar-refractivity contribution >= 4 is 17.8 Å². The molecule has 1 atom stereocenters. The first-order chi connectivity index (χ1) is 11.6. The Morgan fingerprint density at radius 3 is 2.46 bits per heavy atom. The number of hydrogen-bond donors (Lipinski definition) is 2. The van der Waals surface area contributed by atoms with Gasteiger partial charge in [-0.3, -0.25) is 25.2 Å². The van der Waals surface area contributed by atoms with E-state index in [4.69, 9.17) is 9.15 Å². The Balaban J connectivity index is 1.78. The summed E-state index contributed by atoms with van der Waals surface area (Å²) >= 11 is 0. The van der Waals surface area contributed by atoms with Gasteiger partial charge in [-0.15, -0.1) is 0 Å². The second-order valence-electron chi connectivity index (χ2n) is 4.96. The normalized spacial score (nSPS) is 11.4. The lowest BCUT2D eigenvalue weighted by atomic mass is 9.97. The second kappa shape index (κ2) is 8.52. The second-order valence-corrected chi connectivity index (χ2v) is 4.96. The van der Waals surface area contributed by atoms with Crippen molar-refractivity contribution in [3.8, 4) is 0 Å². The first kappa shape index (κ1) is 17.3. The summed E-state index contributed by atoms with van der Waals surface area (Å²) in [5.41, 5.74) is 5.14. The average molecular weight is 330 g/mol. The molecule has 0 radical (unpaired) electrons. The lowest BCUT2D eigenvalue weighted by Gasteiger charge is -2.14. The largest absolute Gasteiger partial charge is 0.459 e. The zero-order valence-corrected chi connectivity index (χ0v) is 13.2. The third kappa shape index (κ3) is 4.70. The highest BCUT2D eigenvalue weighted by molar-refractivity contribution is 5.93. The molecule has 0 aliphatic rings. The van der Waals surface area contributed by atoms with Gasteiger partial charge in [0.25, 0.3) is 5.91 Å². The molecule has 0 unspecified atom stereocenters. The van der Waals surface area contributed by atoms with E-state index in [1.54, 1.807) is 6.07 Å². The quantitative estimate of drug-likeness (QED) is 0.621. The molecule has 2 amide bonds. The molecule has 2 rings (SSSR count). The molecule has 2 N–H and O–H groups in total. The van der Waals surface area contributed by atoms with Crippen molar-refractivity contribution in [1.29, 1.82) is 0 Å². The summed E-state index contributed by atoms with van der Waals surface area (Å²) in [6, 6.07) is 12.2. The van der Waals surface area contributed by atoms with E-state index in [0.717, 1.165) is 5.56 Å². The maximum atomic E-state index is 12.1. The summed E-state index contributed by atoms with van der Waals surface area (Å²) in [5, 5.41) is 0. The van der Waals surface area contributed by atoms with Crippen LogP contribution >= 0.6 is 0 Å². The highest BCUT2D eigenvalue weighted by Gasteiger charge is 2.21. The van der Waals surface area contributed by atoms with Gasteiger partial charge >= 0.3 is 11.9 Å². The van der Waals surface area contributed by atoms with Gasteiger partial charge in [-0.05, 0) is 24.1 Å². The molecule has 1 heterocycles. The Morgan fingerprint density at radius 2 is 1.83 bits per heavy atom. The van der Waals surface area contributed by atoms with Gasteiger partial charge < -0.3 is 9.15 Å². The number of esters is 1. The predicted octanol–water partition coefficient (Wildman–Crippen LogP) is 1.78. The van der Waals surface area contributed by atoms with E-state index in [0.29, 0.717) is 6.42 Å². The van der Waals surface area contributed by atoms with Crippen LogP contribution in [0.2, 0.25) is 0 Å². The van der Waals surface area contributed by atoms with Crippen molar-refractivity contribution in [2.75, 3.05) is 6.61 Å². The molecule has 126 valence electrons. The van der Waals surface area contributed by atoms with Crippen molar-refractivity contribution in [2.45, 2.75) is 19.3 Å².